The maximum atomic E-state index is 12.4. The Balaban J connectivity index is 1.37. The number of nitrogens with one attached hydrogen (secondary N) is 1. The first-order chi connectivity index (χ1) is 12.3. The van der Waals surface area contributed by atoms with Crippen LogP contribution in [0.4, 0.5) is 11.0 Å². The summed E-state index contributed by atoms with van der Waals surface area (Å²) >= 11 is 1.67. The lowest BCUT2D eigenvalue weighted by molar-refractivity contribution is -0.120. The third-order valence-electron chi connectivity index (χ3n) is 4.58. The standard InChI is InChI=1S/C19H22N4O2S/c1-11-5-6-13-14(7-11)26-18(20-13)23-9-12(10-23)17(24)21-16-8-15(22-25-16)19(2,3)4/h5-8,12H,9-10H2,1-4H3,(H,21,24). The SMILES string of the molecule is Cc1ccc2nc(N3CC(C(=O)Nc4cc(C(C)(C)C)no4)C3)sc2c1. The second kappa shape index (κ2) is 6.09. The van der Waals surface area contributed by atoms with E-state index in [-0.39, 0.29) is 17.2 Å². The number of aromatic nitrogens is 2. The number of aryl methyl sites for hydroxylation is 1. The summed E-state index contributed by atoms with van der Waals surface area (Å²) in [6.07, 6.45) is 0. The van der Waals surface area contributed by atoms with Crippen molar-refractivity contribution in [3.63, 3.8) is 0 Å². The lowest BCUT2D eigenvalue weighted by Gasteiger charge is -2.37. The number of benzene rings is 1. The Hall–Kier alpha value is -2.41. The van der Waals surface area contributed by atoms with Gasteiger partial charge >= 0.3 is 0 Å². The molecular formula is C19H22N4O2S. The summed E-state index contributed by atoms with van der Waals surface area (Å²) in [4.78, 5) is 19.2. The Morgan fingerprint density at radius 1 is 1.31 bits per heavy atom. The first-order valence-corrected chi connectivity index (χ1v) is 9.51. The average Bonchev–Trinajstić information content (AvgIpc) is 3.11. The highest BCUT2D eigenvalue weighted by atomic mass is 32.1. The van der Waals surface area contributed by atoms with Gasteiger partial charge in [-0.2, -0.15) is 0 Å². The average molecular weight is 370 g/mol. The predicted octanol–water partition coefficient (Wildman–Crippen LogP) is 3.97. The van der Waals surface area contributed by atoms with Gasteiger partial charge in [-0.1, -0.05) is 43.3 Å². The van der Waals surface area contributed by atoms with Crippen molar-refractivity contribution in [2.45, 2.75) is 33.1 Å². The van der Waals surface area contributed by atoms with Gasteiger partial charge in [-0.25, -0.2) is 4.98 Å². The number of hydrogen-bond acceptors (Lipinski definition) is 6. The maximum Gasteiger partial charge on any atom is 0.233 e. The minimum absolute atomic E-state index is 0.0326. The molecule has 0 aliphatic carbocycles. The van der Waals surface area contributed by atoms with Crippen LogP contribution in [-0.2, 0) is 10.2 Å². The van der Waals surface area contributed by atoms with Gasteiger partial charge in [0.2, 0.25) is 11.8 Å². The Labute approximate surface area is 156 Å². The number of carbonyl (C=O) groups excluding carboxylic acids is 1. The highest BCUT2D eigenvalue weighted by Crippen LogP contribution is 2.33. The van der Waals surface area contributed by atoms with Crippen LogP contribution in [0.3, 0.4) is 0 Å². The number of anilines is 2. The van der Waals surface area contributed by atoms with E-state index in [0.29, 0.717) is 19.0 Å². The van der Waals surface area contributed by atoms with Crippen LogP contribution in [0.1, 0.15) is 32.0 Å². The molecule has 0 spiro atoms. The van der Waals surface area contributed by atoms with Gasteiger partial charge in [-0.15, -0.1) is 0 Å². The molecule has 26 heavy (non-hydrogen) atoms. The molecule has 2 aromatic heterocycles. The molecule has 1 aromatic carbocycles. The van der Waals surface area contributed by atoms with Crippen LogP contribution in [0.5, 0.6) is 0 Å². The fourth-order valence-corrected chi connectivity index (χ4v) is 3.95. The number of fused-ring (bicyclic) bond motifs is 1. The zero-order chi connectivity index (χ0) is 18.5. The highest BCUT2D eigenvalue weighted by Gasteiger charge is 2.35. The van der Waals surface area contributed by atoms with E-state index in [1.807, 2.05) is 6.07 Å². The molecule has 1 saturated heterocycles. The molecule has 1 N–H and O–H groups in total. The molecule has 0 saturated carbocycles. The third kappa shape index (κ3) is 3.19. The normalized spacial score (nSPS) is 15.3. The number of thiazole rings is 1. The van der Waals surface area contributed by atoms with Gasteiger partial charge in [0.05, 0.1) is 21.8 Å². The molecule has 0 unspecified atom stereocenters. The van der Waals surface area contributed by atoms with Gasteiger partial charge in [0.25, 0.3) is 0 Å². The fourth-order valence-electron chi connectivity index (χ4n) is 2.87. The van der Waals surface area contributed by atoms with Crippen molar-refractivity contribution in [3.8, 4) is 0 Å². The van der Waals surface area contributed by atoms with E-state index in [1.165, 1.54) is 10.3 Å². The van der Waals surface area contributed by atoms with Crippen molar-refractivity contribution < 1.29 is 9.32 Å². The molecule has 0 atom stereocenters. The first-order valence-electron chi connectivity index (χ1n) is 8.70. The summed E-state index contributed by atoms with van der Waals surface area (Å²) in [7, 11) is 0. The van der Waals surface area contributed by atoms with E-state index < -0.39 is 0 Å². The molecule has 136 valence electrons. The Morgan fingerprint density at radius 2 is 2.08 bits per heavy atom. The largest absolute Gasteiger partial charge is 0.346 e. The van der Waals surface area contributed by atoms with Gasteiger partial charge < -0.3 is 9.42 Å². The third-order valence-corrected chi connectivity index (χ3v) is 5.66. The second-order valence-electron chi connectivity index (χ2n) is 7.89. The summed E-state index contributed by atoms with van der Waals surface area (Å²) in [6, 6.07) is 8.06. The van der Waals surface area contributed by atoms with Crippen molar-refractivity contribution in [3.05, 3.63) is 35.5 Å². The monoisotopic (exact) mass is 370 g/mol. The van der Waals surface area contributed by atoms with Gasteiger partial charge in [0.15, 0.2) is 5.13 Å². The molecule has 3 heterocycles. The summed E-state index contributed by atoms with van der Waals surface area (Å²) < 4.78 is 6.42. The second-order valence-corrected chi connectivity index (χ2v) is 8.89. The molecule has 7 heteroatoms. The first kappa shape index (κ1) is 17.0. The number of rotatable bonds is 3. The summed E-state index contributed by atoms with van der Waals surface area (Å²) in [6.45, 7) is 9.59. The van der Waals surface area contributed by atoms with E-state index in [4.69, 9.17) is 4.52 Å². The lowest BCUT2D eigenvalue weighted by Crippen LogP contribution is -2.52. The van der Waals surface area contributed by atoms with Gasteiger partial charge in [-0.3, -0.25) is 10.1 Å². The molecule has 4 rings (SSSR count). The summed E-state index contributed by atoms with van der Waals surface area (Å²) in [5.41, 5.74) is 2.97. The number of nitrogens with zero attached hydrogens (tertiary/aromatic N) is 3. The highest BCUT2D eigenvalue weighted by molar-refractivity contribution is 7.22. The maximum absolute atomic E-state index is 12.4. The lowest BCUT2D eigenvalue weighted by atomic mass is 9.92. The molecule has 0 bridgehead atoms. The van der Waals surface area contributed by atoms with Crippen molar-refractivity contribution in [2.75, 3.05) is 23.3 Å². The topological polar surface area (TPSA) is 71.3 Å². The Morgan fingerprint density at radius 3 is 2.77 bits per heavy atom. The van der Waals surface area contributed by atoms with E-state index in [0.717, 1.165) is 16.3 Å². The van der Waals surface area contributed by atoms with Gasteiger partial charge in [0, 0.05) is 24.6 Å². The predicted molar refractivity (Wildman–Crippen MR) is 104 cm³/mol. The molecule has 3 aromatic rings. The van der Waals surface area contributed by atoms with Gasteiger partial charge in [-0.05, 0) is 24.6 Å². The van der Waals surface area contributed by atoms with Crippen LogP contribution >= 0.6 is 11.3 Å². The van der Waals surface area contributed by atoms with Crippen LogP contribution in [-0.4, -0.2) is 29.1 Å². The van der Waals surface area contributed by atoms with E-state index in [1.54, 1.807) is 17.4 Å². The van der Waals surface area contributed by atoms with Crippen LogP contribution in [0.2, 0.25) is 0 Å². The molecule has 1 amide bonds. The quantitative estimate of drug-likeness (QED) is 0.755. The summed E-state index contributed by atoms with van der Waals surface area (Å²) in [5.74, 6) is 0.315. The number of hydrogen-bond donors (Lipinski definition) is 1. The fraction of sp³-hybridized carbons (Fsp3) is 0.421. The minimum Gasteiger partial charge on any atom is -0.346 e. The minimum atomic E-state index is -0.106. The van der Waals surface area contributed by atoms with Crippen molar-refractivity contribution in [1.82, 2.24) is 10.1 Å². The van der Waals surface area contributed by atoms with Crippen LogP contribution in [0, 0.1) is 12.8 Å². The molecule has 6 nitrogen and oxygen atoms in total. The van der Waals surface area contributed by atoms with Crippen LogP contribution < -0.4 is 10.2 Å². The van der Waals surface area contributed by atoms with Crippen molar-refractivity contribution >= 4 is 38.5 Å². The molecule has 1 aliphatic rings. The van der Waals surface area contributed by atoms with E-state index in [9.17, 15) is 4.79 Å². The Kier molecular flexibility index (Phi) is 3.99. The van der Waals surface area contributed by atoms with Crippen molar-refractivity contribution in [1.29, 1.82) is 0 Å². The zero-order valence-electron chi connectivity index (χ0n) is 15.4. The number of carbonyl (C=O) groups is 1. The smallest absolute Gasteiger partial charge is 0.233 e. The van der Waals surface area contributed by atoms with Crippen molar-refractivity contribution in [2.24, 2.45) is 5.92 Å². The van der Waals surface area contributed by atoms with Crippen LogP contribution in [0.25, 0.3) is 10.2 Å². The summed E-state index contributed by atoms with van der Waals surface area (Å²) in [5, 5.41) is 7.84. The molecule has 1 fully saturated rings. The zero-order valence-corrected chi connectivity index (χ0v) is 16.2. The molecule has 1 aliphatic heterocycles. The number of amides is 1. The Bertz CT molecular complexity index is 963. The van der Waals surface area contributed by atoms with E-state index in [2.05, 4.69) is 60.2 Å². The van der Waals surface area contributed by atoms with Gasteiger partial charge in [0.1, 0.15) is 0 Å². The molecular weight excluding hydrogens is 348 g/mol. The molecule has 0 radical (unpaired) electrons. The van der Waals surface area contributed by atoms with E-state index >= 15 is 0 Å². The van der Waals surface area contributed by atoms with Crippen LogP contribution in [0.15, 0.2) is 28.8 Å².